The standard InChI is InChI=1S/C18H24N4O2S/c23-25(24,14-9-16-5-2-1-3-6-16)22-12-7-17(8-13-22)15-21-18-19-10-4-11-20-18/h1-6,10-11,17H,7-9,12-15H2,(H,19,20,21). The first-order valence-electron chi connectivity index (χ1n) is 8.66. The van der Waals surface area contributed by atoms with Gasteiger partial charge in [-0.1, -0.05) is 30.3 Å². The van der Waals surface area contributed by atoms with Crippen LogP contribution in [-0.4, -0.2) is 48.1 Å². The molecule has 1 fully saturated rings. The van der Waals surface area contributed by atoms with E-state index in [4.69, 9.17) is 0 Å². The maximum Gasteiger partial charge on any atom is 0.222 e. The quantitative estimate of drug-likeness (QED) is 0.819. The molecule has 1 saturated heterocycles. The lowest BCUT2D eigenvalue weighted by Crippen LogP contribution is -2.41. The zero-order valence-electron chi connectivity index (χ0n) is 14.2. The molecule has 0 unspecified atom stereocenters. The Bertz CT molecular complexity index is 745. The van der Waals surface area contributed by atoms with Crippen molar-refractivity contribution in [2.45, 2.75) is 19.3 Å². The van der Waals surface area contributed by atoms with Gasteiger partial charge in [0.1, 0.15) is 0 Å². The Morgan fingerprint density at radius 1 is 1.04 bits per heavy atom. The molecule has 0 amide bonds. The highest BCUT2D eigenvalue weighted by Crippen LogP contribution is 2.20. The maximum atomic E-state index is 12.5. The molecule has 0 aliphatic carbocycles. The molecule has 3 rings (SSSR count). The number of hydrogen-bond donors (Lipinski definition) is 1. The van der Waals surface area contributed by atoms with Gasteiger partial charge in [0.2, 0.25) is 16.0 Å². The number of benzene rings is 1. The molecule has 1 aliphatic heterocycles. The summed E-state index contributed by atoms with van der Waals surface area (Å²) in [6, 6.07) is 11.5. The summed E-state index contributed by atoms with van der Waals surface area (Å²) in [6.07, 6.45) is 5.71. The van der Waals surface area contributed by atoms with Gasteiger partial charge in [-0.25, -0.2) is 22.7 Å². The average molecular weight is 360 g/mol. The number of hydrogen-bond acceptors (Lipinski definition) is 5. The number of piperidine rings is 1. The Morgan fingerprint density at radius 3 is 2.40 bits per heavy atom. The van der Waals surface area contributed by atoms with E-state index in [1.165, 1.54) is 0 Å². The van der Waals surface area contributed by atoms with E-state index in [1.807, 2.05) is 30.3 Å². The second kappa shape index (κ2) is 8.40. The number of rotatable bonds is 7. The molecule has 1 aromatic heterocycles. The summed E-state index contributed by atoms with van der Waals surface area (Å²) in [4.78, 5) is 8.28. The fraction of sp³-hybridized carbons (Fsp3) is 0.444. The summed E-state index contributed by atoms with van der Waals surface area (Å²) < 4.78 is 26.7. The van der Waals surface area contributed by atoms with Crippen LogP contribution >= 0.6 is 0 Å². The molecule has 7 heteroatoms. The molecule has 0 atom stereocenters. The highest BCUT2D eigenvalue weighted by atomic mass is 32.2. The van der Waals surface area contributed by atoms with Crippen LogP contribution in [0.2, 0.25) is 0 Å². The van der Waals surface area contributed by atoms with E-state index in [1.54, 1.807) is 22.8 Å². The second-order valence-corrected chi connectivity index (χ2v) is 8.44. The first-order chi connectivity index (χ1) is 12.1. The molecular formula is C18H24N4O2S. The Kier molecular flexibility index (Phi) is 5.99. The van der Waals surface area contributed by atoms with Crippen LogP contribution in [0.15, 0.2) is 48.8 Å². The van der Waals surface area contributed by atoms with Gasteiger partial charge in [0.05, 0.1) is 5.75 Å². The van der Waals surface area contributed by atoms with Gasteiger partial charge in [-0.15, -0.1) is 0 Å². The monoisotopic (exact) mass is 360 g/mol. The highest BCUT2D eigenvalue weighted by Gasteiger charge is 2.27. The Hall–Kier alpha value is -1.99. The van der Waals surface area contributed by atoms with Gasteiger partial charge in [0.15, 0.2) is 0 Å². The maximum absolute atomic E-state index is 12.5. The number of nitrogens with zero attached hydrogens (tertiary/aromatic N) is 3. The van der Waals surface area contributed by atoms with Crippen molar-refractivity contribution >= 4 is 16.0 Å². The minimum atomic E-state index is -3.18. The summed E-state index contributed by atoms with van der Waals surface area (Å²) >= 11 is 0. The molecule has 2 aromatic rings. The van der Waals surface area contributed by atoms with Crippen LogP contribution in [-0.2, 0) is 16.4 Å². The van der Waals surface area contributed by atoms with Crippen molar-refractivity contribution in [2.75, 3.05) is 30.7 Å². The lowest BCUT2D eigenvalue weighted by Gasteiger charge is -2.31. The zero-order chi connectivity index (χ0) is 17.5. The van der Waals surface area contributed by atoms with Crippen LogP contribution in [0.25, 0.3) is 0 Å². The van der Waals surface area contributed by atoms with Crippen LogP contribution in [0.3, 0.4) is 0 Å². The molecule has 0 saturated carbocycles. The topological polar surface area (TPSA) is 75.2 Å². The van der Waals surface area contributed by atoms with Crippen molar-refractivity contribution in [1.82, 2.24) is 14.3 Å². The number of sulfonamides is 1. The van der Waals surface area contributed by atoms with Gasteiger partial charge in [0, 0.05) is 32.0 Å². The molecule has 0 bridgehead atoms. The van der Waals surface area contributed by atoms with E-state index in [-0.39, 0.29) is 5.75 Å². The van der Waals surface area contributed by atoms with E-state index < -0.39 is 10.0 Å². The molecule has 134 valence electrons. The lowest BCUT2D eigenvalue weighted by molar-refractivity contribution is 0.282. The van der Waals surface area contributed by atoms with E-state index in [9.17, 15) is 8.42 Å². The number of aryl methyl sites for hydroxylation is 1. The zero-order valence-corrected chi connectivity index (χ0v) is 15.0. The first kappa shape index (κ1) is 17.8. The third kappa shape index (κ3) is 5.24. The molecule has 25 heavy (non-hydrogen) atoms. The van der Waals surface area contributed by atoms with Crippen molar-refractivity contribution in [3.8, 4) is 0 Å². The Labute approximate surface area is 149 Å². The van der Waals surface area contributed by atoms with E-state index >= 15 is 0 Å². The molecule has 0 radical (unpaired) electrons. The van der Waals surface area contributed by atoms with Crippen LogP contribution in [0.1, 0.15) is 18.4 Å². The predicted octanol–water partition coefficient (Wildman–Crippen LogP) is 2.17. The average Bonchev–Trinajstić information content (AvgIpc) is 2.67. The van der Waals surface area contributed by atoms with E-state index in [0.29, 0.717) is 31.4 Å². The van der Waals surface area contributed by atoms with Crippen molar-refractivity contribution < 1.29 is 8.42 Å². The van der Waals surface area contributed by atoms with Crippen molar-refractivity contribution in [1.29, 1.82) is 0 Å². The van der Waals surface area contributed by atoms with Crippen LogP contribution < -0.4 is 5.32 Å². The summed E-state index contributed by atoms with van der Waals surface area (Å²) in [6.45, 7) is 1.97. The van der Waals surface area contributed by atoms with Crippen molar-refractivity contribution in [3.05, 3.63) is 54.4 Å². The lowest BCUT2D eigenvalue weighted by atomic mass is 9.98. The molecule has 2 heterocycles. The molecular weight excluding hydrogens is 336 g/mol. The first-order valence-corrected chi connectivity index (χ1v) is 10.3. The molecule has 6 nitrogen and oxygen atoms in total. The van der Waals surface area contributed by atoms with Crippen LogP contribution in [0, 0.1) is 5.92 Å². The largest absolute Gasteiger partial charge is 0.354 e. The van der Waals surface area contributed by atoms with Gasteiger partial charge in [-0.05, 0) is 36.8 Å². The van der Waals surface area contributed by atoms with Gasteiger partial charge >= 0.3 is 0 Å². The number of aromatic nitrogens is 2. The fourth-order valence-corrected chi connectivity index (χ4v) is 4.56. The smallest absolute Gasteiger partial charge is 0.222 e. The Balaban J connectivity index is 1.44. The third-order valence-electron chi connectivity index (χ3n) is 4.57. The normalized spacial score (nSPS) is 16.6. The Morgan fingerprint density at radius 2 is 1.72 bits per heavy atom. The minimum absolute atomic E-state index is 0.178. The van der Waals surface area contributed by atoms with Gasteiger partial charge in [0.25, 0.3) is 0 Å². The second-order valence-electron chi connectivity index (χ2n) is 6.35. The predicted molar refractivity (Wildman–Crippen MR) is 98.8 cm³/mol. The SMILES string of the molecule is O=S(=O)(CCc1ccccc1)N1CCC(CNc2ncccn2)CC1. The van der Waals surface area contributed by atoms with Gasteiger partial charge in [-0.2, -0.15) is 0 Å². The van der Waals surface area contributed by atoms with Crippen molar-refractivity contribution in [2.24, 2.45) is 5.92 Å². The number of anilines is 1. The van der Waals surface area contributed by atoms with E-state index in [0.717, 1.165) is 24.9 Å². The molecule has 1 aromatic carbocycles. The highest BCUT2D eigenvalue weighted by molar-refractivity contribution is 7.89. The van der Waals surface area contributed by atoms with Crippen LogP contribution in [0.4, 0.5) is 5.95 Å². The van der Waals surface area contributed by atoms with Gasteiger partial charge in [-0.3, -0.25) is 0 Å². The summed E-state index contributed by atoms with van der Waals surface area (Å²) in [5, 5.41) is 3.22. The van der Waals surface area contributed by atoms with Crippen molar-refractivity contribution in [3.63, 3.8) is 0 Å². The summed E-state index contributed by atoms with van der Waals surface area (Å²) in [7, 11) is -3.18. The van der Waals surface area contributed by atoms with Gasteiger partial charge < -0.3 is 5.32 Å². The molecule has 0 spiro atoms. The molecule has 1 N–H and O–H groups in total. The summed E-state index contributed by atoms with van der Waals surface area (Å²) in [5.74, 6) is 1.25. The van der Waals surface area contributed by atoms with E-state index in [2.05, 4.69) is 15.3 Å². The third-order valence-corrected chi connectivity index (χ3v) is 6.44. The molecule has 1 aliphatic rings. The summed E-state index contributed by atoms with van der Waals surface area (Å²) in [5.41, 5.74) is 1.06. The van der Waals surface area contributed by atoms with Crippen LogP contribution in [0.5, 0.6) is 0 Å². The number of nitrogens with one attached hydrogen (secondary N) is 1. The minimum Gasteiger partial charge on any atom is -0.354 e. The fourth-order valence-electron chi connectivity index (χ4n) is 3.04.